The Kier molecular flexibility index (Phi) is 4.62. The van der Waals surface area contributed by atoms with Gasteiger partial charge in [-0.1, -0.05) is 29.0 Å². The maximum absolute atomic E-state index is 12.8. The molecule has 2 aromatic rings. The Bertz CT molecular complexity index is 935. The molecule has 1 fully saturated rings. The Hall–Kier alpha value is -1.70. The highest BCUT2D eigenvalue weighted by molar-refractivity contribution is 7.73. The van der Waals surface area contributed by atoms with Crippen molar-refractivity contribution in [3.05, 3.63) is 38.7 Å². The number of rotatable bonds is 2. The molecular weight excluding hydrogens is 390 g/mol. The van der Waals surface area contributed by atoms with E-state index in [1.54, 1.807) is 0 Å². The second-order valence-electron chi connectivity index (χ2n) is 6.81. The summed E-state index contributed by atoms with van der Waals surface area (Å²) < 4.78 is 2.55. The predicted octanol–water partition coefficient (Wildman–Crippen LogP) is 4.74. The molecule has 136 valence electrons. The van der Waals surface area contributed by atoms with Crippen molar-refractivity contribution in [3.63, 3.8) is 0 Å². The molecule has 0 radical (unpaired) electrons. The Morgan fingerprint density at radius 1 is 1.35 bits per heavy atom. The summed E-state index contributed by atoms with van der Waals surface area (Å²) in [5.74, 6) is -0.00189. The van der Waals surface area contributed by atoms with Gasteiger partial charge >= 0.3 is 0 Å². The van der Waals surface area contributed by atoms with Gasteiger partial charge in [-0.2, -0.15) is 0 Å². The molecule has 26 heavy (non-hydrogen) atoms. The Labute approximate surface area is 165 Å². The number of halogens is 1. The van der Waals surface area contributed by atoms with Crippen molar-refractivity contribution >= 4 is 58.5 Å². The number of hydrogen-bond donors (Lipinski definition) is 2. The minimum atomic E-state index is -0.261. The second kappa shape index (κ2) is 6.79. The normalized spacial score (nSPS) is 24.4. The zero-order valence-electron chi connectivity index (χ0n) is 14.1. The molecule has 1 aliphatic heterocycles. The number of benzene rings is 1. The monoisotopic (exact) mass is 407 g/mol. The summed E-state index contributed by atoms with van der Waals surface area (Å²) in [6.07, 6.45) is 2.28. The zero-order valence-corrected chi connectivity index (χ0v) is 16.5. The van der Waals surface area contributed by atoms with Crippen molar-refractivity contribution in [2.75, 3.05) is 10.6 Å². The van der Waals surface area contributed by atoms with Crippen LogP contribution in [-0.2, 0) is 4.79 Å². The van der Waals surface area contributed by atoms with Gasteiger partial charge in [0.1, 0.15) is 10.7 Å². The molecule has 2 heterocycles. The number of alkyl halides is 1. The first-order chi connectivity index (χ1) is 12.4. The third-order valence-electron chi connectivity index (χ3n) is 5.02. The number of nitrogens with zero attached hydrogens (tertiary/aromatic N) is 1. The summed E-state index contributed by atoms with van der Waals surface area (Å²) in [7, 11) is 0. The molecule has 5 nitrogen and oxygen atoms in total. The topological polar surface area (TPSA) is 63.1 Å². The van der Waals surface area contributed by atoms with Crippen LogP contribution in [0.3, 0.4) is 0 Å². The van der Waals surface area contributed by atoms with Gasteiger partial charge in [0.25, 0.3) is 5.91 Å². The van der Waals surface area contributed by atoms with Crippen LogP contribution in [0.25, 0.3) is 0 Å². The van der Waals surface area contributed by atoms with Crippen LogP contribution < -0.4 is 10.6 Å². The molecule has 0 bridgehead atoms. The lowest BCUT2D eigenvalue weighted by atomic mass is 9.82. The third-order valence-corrected chi connectivity index (χ3v) is 6.81. The first-order valence-electron chi connectivity index (χ1n) is 8.52. The van der Waals surface area contributed by atoms with E-state index in [1.165, 1.54) is 11.3 Å². The average molecular weight is 408 g/mol. The van der Waals surface area contributed by atoms with Crippen LogP contribution in [0.4, 0.5) is 11.5 Å². The largest absolute Gasteiger partial charge is 0.321 e. The van der Waals surface area contributed by atoms with E-state index in [9.17, 15) is 9.59 Å². The van der Waals surface area contributed by atoms with E-state index < -0.39 is 0 Å². The predicted molar refractivity (Wildman–Crippen MR) is 107 cm³/mol. The van der Waals surface area contributed by atoms with E-state index >= 15 is 0 Å². The summed E-state index contributed by atoms with van der Waals surface area (Å²) in [5, 5.41) is 5.79. The van der Waals surface area contributed by atoms with Crippen molar-refractivity contribution in [1.29, 1.82) is 0 Å². The summed E-state index contributed by atoms with van der Waals surface area (Å²) in [5.41, 5.74) is 1.83. The molecule has 0 saturated heterocycles. The van der Waals surface area contributed by atoms with E-state index in [1.807, 2.05) is 35.8 Å². The third kappa shape index (κ3) is 3.08. The molecule has 3 unspecified atom stereocenters. The molecule has 2 amide bonds. The number of aromatic nitrogens is 1. The van der Waals surface area contributed by atoms with Crippen molar-refractivity contribution in [3.8, 4) is 0 Å². The number of anilines is 2. The maximum atomic E-state index is 12.8. The van der Waals surface area contributed by atoms with E-state index in [-0.39, 0.29) is 29.2 Å². The fraction of sp³-hybridized carbons (Fsp3) is 0.389. The highest BCUT2D eigenvalue weighted by Gasteiger charge is 2.42. The SMILES string of the molecule is Cc1ccc(NC(=O)c2sc(=S)n3c2NC(=O)C2CC(Cl)CCC23)cc1. The number of aryl methyl sites for hydroxylation is 1. The lowest BCUT2D eigenvalue weighted by molar-refractivity contribution is -0.123. The number of fused-ring (bicyclic) bond motifs is 3. The second-order valence-corrected chi connectivity index (χ2v) is 9.07. The van der Waals surface area contributed by atoms with Crippen LogP contribution in [0.1, 0.15) is 40.5 Å². The minimum absolute atomic E-state index is 0.0145. The van der Waals surface area contributed by atoms with E-state index in [0.29, 0.717) is 26.8 Å². The number of carbonyl (C=O) groups excluding carboxylic acids is 2. The number of amides is 2. The first kappa shape index (κ1) is 17.7. The van der Waals surface area contributed by atoms with Crippen molar-refractivity contribution < 1.29 is 9.59 Å². The van der Waals surface area contributed by atoms with Gasteiger partial charge in [0.15, 0.2) is 3.95 Å². The van der Waals surface area contributed by atoms with Gasteiger partial charge in [0.05, 0.1) is 5.92 Å². The van der Waals surface area contributed by atoms with E-state index in [4.69, 9.17) is 23.8 Å². The van der Waals surface area contributed by atoms with Crippen LogP contribution in [0.15, 0.2) is 24.3 Å². The van der Waals surface area contributed by atoms with Gasteiger partial charge in [-0.05, 0) is 50.5 Å². The maximum Gasteiger partial charge on any atom is 0.269 e. The summed E-state index contributed by atoms with van der Waals surface area (Å²) >= 11 is 13.0. The average Bonchev–Trinajstić information content (AvgIpc) is 2.94. The summed E-state index contributed by atoms with van der Waals surface area (Å²) in [6.45, 7) is 1.99. The van der Waals surface area contributed by atoms with Crippen LogP contribution in [0.5, 0.6) is 0 Å². The van der Waals surface area contributed by atoms with Crippen LogP contribution in [0, 0.1) is 16.8 Å². The van der Waals surface area contributed by atoms with E-state index in [0.717, 1.165) is 18.4 Å². The molecule has 1 aromatic heterocycles. The Morgan fingerprint density at radius 2 is 2.08 bits per heavy atom. The van der Waals surface area contributed by atoms with Crippen molar-refractivity contribution in [1.82, 2.24) is 4.57 Å². The Balaban J connectivity index is 1.67. The molecule has 1 aromatic carbocycles. The van der Waals surface area contributed by atoms with Crippen LogP contribution in [-0.4, -0.2) is 21.8 Å². The fourth-order valence-electron chi connectivity index (χ4n) is 3.69. The summed E-state index contributed by atoms with van der Waals surface area (Å²) in [4.78, 5) is 25.8. The van der Waals surface area contributed by atoms with Crippen molar-refractivity contribution in [2.24, 2.45) is 5.92 Å². The highest BCUT2D eigenvalue weighted by Crippen LogP contribution is 2.44. The lowest BCUT2D eigenvalue weighted by Gasteiger charge is -2.38. The molecule has 3 atom stereocenters. The van der Waals surface area contributed by atoms with Gasteiger partial charge in [-0.25, -0.2) is 0 Å². The van der Waals surface area contributed by atoms with Gasteiger partial charge in [0, 0.05) is 17.1 Å². The van der Waals surface area contributed by atoms with Crippen LogP contribution >= 0.6 is 35.2 Å². The molecule has 4 rings (SSSR count). The molecule has 1 aliphatic carbocycles. The lowest BCUT2D eigenvalue weighted by Crippen LogP contribution is -2.41. The van der Waals surface area contributed by atoms with Gasteiger partial charge in [-0.3, -0.25) is 9.59 Å². The zero-order chi connectivity index (χ0) is 18.4. The first-order valence-corrected chi connectivity index (χ1v) is 10.2. The molecule has 2 aliphatic rings. The van der Waals surface area contributed by atoms with Gasteiger partial charge in [0.2, 0.25) is 5.91 Å². The molecule has 8 heteroatoms. The van der Waals surface area contributed by atoms with Crippen molar-refractivity contribution in [2.45, 2.75) is 37.6 Å². The quantitative estimate of drug-likeness (QED) is 0.558. The minimum Gasteiger partial charge on any atom is -0.321 e. The smallest absolute Gasteiger partial charge is 0.269 e. The number of thiazole rings is 1. The molecule has 0 spiro atoms. The highest BCUT2D eigenvalue weighted by atomic mass is 35.5. The molecular formula is C18H18ClN3O2S2. The fourth-order valence-corrected chi connectivity index (χ4v) is 5.37. The summed E-state index contributed by atoms with van der Waals surface area (Å²) in [6, 6.07) is 7.56. The molecule has 1 saturated carbocycles. The number of carbonyl (C=O) groups is 2. The number of hydrogen-bond acceptors (Lipinski definition) is 4. The van der Waals surface area contributed by atoms with Gasteiger partial charge in [-0.15, -0.1) is 11.6 Å². The number of nitrogens with one attached hydrogen (secondary N) is 2. The Morgan fingerprint density at radius 3 is 2.81 bits per heavy atom. The standard InChI is InChI=1S/C18H18ClN3O2S2/c1-9-2-5-11(6-3-9)20-17(24)14-15-21-16(23)12-8-10(19)4-7-13(12)22(15)18(25)26-14/h2-3,5-6,10,12-13H,4,7-8H2,1H3,(H,20,24)(H,21,23). The van der Waals surface area contributed by atoms with E-state index in [2.05, 4.69) is 10.6 Å². The molecule has 2 N–H and O–H groups in total. The van der Waals surface area contributed by atoms with Crippen LogP contribution in [0.2, 0.25) is 0 Å². The van der Waals surface area contributed by atoms with Gasteiger partial charge < -0.3 is 15.2 Å².